The number of carbonyl (C=O) groups excluding carboxylic acids is 3. The second-order valence-electron chi connectivity index (χ2n) is 3.61. The van der Waals surface area contributed by atoms with Gasteiger partial charge in [0, 0.05) is 12.0 Å². The van der Waals surface area contributed by atoms with Crippen LogP contribution in [0.1, 0.15) is 23.2 Å². The lowest BCUT2D eigenvalue weighted by atomic mass is 10.1. The highest BCUT2D eigenvalue weighted by Gasteiger charge is 2.05. The van der Waals surface area contributed by atoms with Crippen LogP contribution >= 0.6 is 0 Å². The van der Waals surface area contributed by atoms with Gasteiger partial charge < -0.3 is 4.74 Å². The lowest BCUT2D eigenvalue weighted by Gasteiger charge is -1.96. The van der Waals surface area contributed by atoms with Crippen LogP contribution in [0.5, 0.6) is 0 Å². The number of methoxy groups -OCH3 is 1. The molecule has 0 spiro atoms. The SMILES string of the molecule is COC(=O)CCC(=O)/C=C/C(=O)c1ccccc1. The molecule has 0 unspecified atom stereocenters. The molecule has 94 valence electrons. The van der Waals surface area contributed by atoms with Gasteiger partial charge in [-0.3, -0.25) is 14.4 Å². The van der Waals surface area contributed by atoms with Crippen LogP contribution in [-0.2, 0) is 14.3 Å². The molecule has 0 bridgehead atoms. The Balaban J connectivity index is 2.47. The normalized spacial score (nSPS) is 10.3. The summed E-state index contributed by atoms with van der Waals surface area (Å²) in [5, 5.41) is 0. The second-order valence-corrected chi connectivity index (χ2v) is 3.61. The van der Waals surface area contributed by atoms with Crippen molar-refractivity contribution >= 4 is 17.5 Å². The summed E-state index contributed by atoms with van der Waals surface area (Å²) in [7, 11) is 1.27. The third kappa shape index (κ3) is 4.74. The summed E-state index contributed by atoms with van der Waals surface area (Å²) in [4.78, 5) is 33.8. The summed E-state index contributed by atoms with van der Waals surface area (Å²) < 4.78 is 4.41. The summed E-state index contributed by atoms with van der Waals surface area (Å²) >= 11 is 0. The predicted molar refractivity (Wildman–Crippen MR) is 66.2 cm³/mol. The highest BCUT2D eigenvalue weighted by molar-refractivity contribution is 6.08. The van der Waals surface area contributed by atoms with Crippen molar-refractivity contribution in [3.05, 3.63) is 48.0 Å². The lowest BCUT2D eigenvalue weighted by molar-refractivity contribution is -0.141. The van der Waals surface area contributed by atoms with Crippen LogP contribution in [-0.4, -0.2) is 24.6 Å². The Bertz CT molecular complexity index is 460. The minimum atomic E-state index is -0.439. The number of ketones is 2. The van der Waals surface area contributed by atoms with Crippen LogP contribution in [0.15, 0.2) is 42.5 Å². The fourth-order valence-corrected chi connectivity index (χ4v) is 1.28. The van der Waals surface area contributed by atoms with Gasteiger partial charge >= 0.3 is 5.97 Å². The fraction of sp³-hybridized carbons (Fsp3) is 0.214. The maximum absolute atomic E-state index is 11.6. The first-order valence-corrected chi connectivity index (χ1v) is 5.50. The molecule has 0 heterocycles. The summed E-state index contributed by atoms with van der Waals surface area (Å²) in [5.41, 5.74) is 0.523. The minimum absolute atomic E-state index is 0.0270. The Kier molecular flexibility index (Phi) is 5.51. The summed E-state index contributed by atoms with van der Waals surface area (Å²) in [6.07, 6.45) is 2.48. The van der Waals surface area contributed by atoms with Gasteiger partial charge in [-0.1, -0.05) is 30.3 Å². The molecule has 0 atom stereocenters. The standard InChI is InChI=1S/C14H14O4/c1-18-14(17)10-8-12(15)7-9-13(16)11-5-3-2-4-6-11/h2-7,9H,8,10H2,1H3/b9-7+. The Labute approximate surface area is 105 Å². The molecule has 0 aliphatic heterocycles. The van der Waals surface area contributed by atoms with Crippen LogP contribution in [0.3, 0.4) is 0 Å². The molecule has 1 aromatic carbocycles. The average molecular weight is 246 g/mol. The molecule has 18 heavy (non-hydrogen) atoms. The molecule has 0 aliphatic rings. The molecule has 0 radical (unpaired) electrons. The van der Waals surface area contributed by atoms with E-state index in [1.54, 1.807) is 24.3 Å². The van der Waals surface area contributed by atoms with Crippen molar-refractivity contribution in [1.29, 1.82) is 0 Å². The maximum Gasteiger partial charge on any atom is 0.305 e. The van der Waals surface area contributed by atoms with E-state index in [1.807, 2.05) is 6.07 Å². The van der Waals surface area contributed by atoms with Gasteiger partial charge in [0.2, 0.25) is 0 Å². The number of ether oxygens (including phenoxy) is 1. The zero-order valence-corrected chi connectivity index (χ0v) is 10.1. The second kappa shape index (κ2) is 7.17. The first-order chi connectivity index (χ1) is 8.63. The number of benzene rings is 1. The minimum Gasteiger partial charge on any atom is -0.469 e. The van der Waals surface area contributed by atoms with Gasteiger partial charge in [0.05, 0.1) is 13.5 Å². The van der Waals surface area contributed by atoms with E-state index < -0.39 is 5.97 Å². The predicted octanol–water partition coefficient (Wildman–Crippen LogP) is 1.95. The monoisotopic (exact) mass is 246 g/mol. The molecule has 0 saturated heterocycles. The van der Waals surface area contributed by atoms with Crippen molar-refractivity contribution in [2.45, 2.75) is 12.8 Å². The molecule has 0 saturated carbocycles. The Morgan fingerprint density at radius 1 is 1.06 bits per heavy atom. The van der Waals surface area contributed by atoms with Crippen molar-refractivity contribution in [1.82, 2.24) is 0 Å². The highest BCUT2D eigenvalue weighted by Crippen LogP contribution is 2.02. The molecule has 4 heteroatoms. The number of carbonyl (C=O) groups is 3. The zero-order chi connectivity index (χ0) is 13.4. The molecule has 0 N–H and O–H groups in total. The summed E-state index contributed by atoms with van der Waals surface area (Å²) in [6, 6.07) is 8.65. The van der Waals surface area contributed by atoms with E-state index in [-0.39, 0.29) is 24.4 Å². The average Bonchev–Trinajstić information content (AvgIpc) is 2.42. The zero-order valence-electron chi connectivity index (χ0n) is 10.1. The topological polar surface area (TPSA) is 60.4 Å². The van der Waals surface area contributed by atoms with Gasteiger partial charge in [-0.15, -0.1) is 0 Å². The van der Waals surface area contributed by atoms with E-state index in [0.717, 1.165) is 0 Å². The van der Waals surface area contributed by atoms with Gasteiger partial charge in [-0.05, 0) is 12.2 Å². The maximum atomic E-state index is 11.6. The van der Waals surface area contributed by atoms with Crippen molar-refractivity contribution in [3.63, 3.8) is 0 Å². The van der Waals surface area contributed by atoms with E-state index >= 15 is 0 Å². The van der Waals surface area contributed by atoms with Crippen LogP contribution in [0.4, 0.5) is 0 Å². The van der Waals surface area contributed by atoms with Gasteiger partial charge in [0.25, 0.3) is 0 Å². The third-order valence-corrected chi connectivity index (χ3v) is 2.28. The van der Waals surface area contributed by atoms with E-state index in [4.69, 9.17) is 0 Å². The number of esters is 1. The Morgan fingerprint density at radius 2 is 1.72 bits per heavy atom. The van der Waals surface area contributed by atoms with Crippen molar-refractivity contribution < 1.29 is 19.1 Å². The lowest BCUT2D eigenvalue weighted by Crippen LogP contribution is -2.04. The molecule has 1 rings (SSSR count). The summed E-state index contributed by atoms with van der Waals surface area (Å²) in [5.74, 6) is -0.946. The van der Waals surface area contributed by atoms with Crippen molar-refractivity contribution in [3.8, 4) is 0 Å². The molecular weight excluding hydrogens is 232 g/mol. The van der Waals surface area contributed by atoms with Crippen molar-refractivity contribution in [2.75, 3.05) is 7.11 Å². The number of rotatable bonds is 6. The van der Waals surface area contributed by atoms with E-state index in [2.05, 4.69) is 4.74 Å². The molecule has 0 aliphatic carbocycles. The highest BCUT2D eigenvalue weighted by atomic mass is 16.5. The number of allylic oxidation sites excluding steroid dienone is 2. The largest absolute Gasteiger partial charge is 0.469 e. The number of hydrogen-bond donors (Lipinski definition) is 0. The van der Waals surface area contributed by atoms with Gasteiger partial charge in [-0.2, -0.15) is 0 Å². The van der Waals surface area contributed by atoms with E-state index in [9.17, 15) is 14.4 Å². The quantitative estimate of drug-likeness (QED) is 0.437. The Hall–Kier alpha value is -2.23. The van der Waals surface area contributed by atoms with E-state index in [1.165, 1.54) is 19.3 Å². The van der Waals surface area contributed by atoms with Crippen LogP contribution in [0, 0.1) is 0 Å². The van der Waals surface area contributed by atoms with Crippen LogP contribution < -0.4 is 0 Å². The molecule has 4 nitrogen and oxygen atoms in total. The summed E-state index contributed by atoms with van der Waals surface area (Å²) in [6.45, 7) is 0. The molecule has 0 fully saturated rings. The Morgan fingerprint density at radius 3 is 2.33 bits per heavy atom. The molecule has 0 amide bonds. The van der Waals surface area contributed by atoms with E-state index in [0.29, 0.717) is 5.56 Å². The van der Waals surface area contributed by atoms with Gasteiger partial charge in [0.15, 0.2) is 11.6 Å². The number of hydrogen-bond acceptors (Lipinski definition) is 4. The first kappa shape index (κ1) is 13.8. The van der Waals surface area contributed by atoms with Crippen molar-refractivity contribution in [2.24, 2.45) is 0 Å². The van der Waals surface area contributed by atoms with Crippen LogP contribution in [0.2, 0.25) is 0 Å². The van der Waals surface area contributed by atoms with Crippen LogP contribution in [0.25, 0.3) is 0 Å². The van der Waals surface area contributed by atoms with Gasteiger partial charge in [0.1, 0.15) is 0 Å². The molecule has 0 aromatic heterocycles. The first-order valence-electron chi connectivity index (χ1n) is 5.50. The molecular formula is C14H14O4. The third-order valence-electron chi connectivity index (χ3n) is 2.28. The molecule has 1 aromatic rings. The fourth-order valence-electron chi connectivity index (χ4n) is 1.28. The van der Waals surface area contributed by atoms with Gasteiger partial charge in [-0.25, -0.2) is 0 Å². The smallest absolute Gasteiger partial charge is 0.305 e.